The number of nitrogens with one attached hydrogen (secondary N) is 1. The van der Waals surface area contributed by atoms with Gasteiger partial charge in [-0.15, -0.1) is 0 Å². The lowest BCUT2D eigenvalue weighted by molar-refractivity contribution is 0.123. The molecule has 25 heavy (non-hydrogen) atoms. The van der Waals surface area contributed by atoms with Crippen LogP contribution >= 0.6 is 0 Å². The fourth-order valence-electron chi connectivity index (χ4n) is 2.95. The molecule has 1 atom stereocenters. The van der Waals surface area contributed by atoms with E-state index in [1.807, 2.05) is 0 Å². The van der Waals surface area contributed by atoms with Gasteiger partial charge in [0.1, 0.15) is 0 Å². The quantitative estimate of drug-likeness (QED) is 0.284. The molecule has 1 N–H and O–H groups in total. The molecule has 0 aromatic rings. The molecule has 1 unspecified atom stereocenters. The molecule has 0 bridgehead atoms. The van der Waals surface area contributed by atoms with Crippen molar-refractivity contribution in [1.29, 1.82) is 0 Å². The maximum atomic E-state index is 5.42. The van der Waals surface area contributed by atoms with Crippen LogP contribution in [0.1, 0.15) is 51.9 Å². The van der Waals surface area contributed by atoms with Gasteiger partial charge in [-0.1, -0.05) is 32.6 Å². The van der Waals surface area contributed by atoms with Crippen LogP contribution in [-0.2, 0) is 22.1 Å². The molecule has 6 nitrogen and oxygen atoms in total. The van der Waals surface area contributed by atoms with E-state index in [4.69, 9.17) is 22.1 Å². The molecule has 0 heterocycles. The molecule has 0 fully saturated rings. The fraction of sp³-hybridized carbons (Fsp3) is 1.00. The number of hydrogen-bond acceptors (Lipinski definition) is 6. The van der Waals surface area contributed by atoms with Crippen molar-refractivity contribution < 1.29 is 22.1 Å². The predicted molar refractivity (Wildman–Crippen MR) is 106 cm³/mol. The van der Waals surface area contributed by atoms with Gasteiger partial charge in [0.15, 0.2) is 0 Å². The fourth-order valence-corrected chi connectivity index (χ4v) is 6.08. The lowest BCUT2D eigenvalue weighted by Gasteiger charge is -2.24. The molecule has 0 aliphatic carbocycles. The average molecular weight is 395 g/mol. The summed E-state index contributed by atoms with van der Waals surface area (Å²) in [7, 11) is 5.06. The van der Waals surface area contributed by atoms with Crippen molar-refractivity contribution in [2.75, 3.05) is 48.6 Å². The molecule has 0 aliphatic heterocycles. The lowest BCUT2D eigenvalue weighted by Crippen LogP contribution is -2.43. The van der Waals surface area contributed by atoms with E-state index in [9.17, 15) is 0 Å². The molecule has 1 radical (unpaired) electrons. The Labute approximate surface area is 158 Å². The first-order chi connectivity index (χ1) is 12.1. The van der Waals surface area contributed by atoms with Crippen LogP contribution in [0.4, 0.5) is 0 Å². The third-order valence-corrected chi connectivity index (χ3v) is 9.30. The molecular formula is C17H40NO5Si2. The van der Waals surface area contributed by atoms with Gasteiger partial charge in [-0.05, 0) is 32.4 Å². The van der Waals surface area contributed by atoms with E-state index in [0.717, 1.165) is 25.6 Å². The molecule has 0 saturated heterocycles. The number of rotatable bonds is 18. The van der Waals surface area contributed by atoms with Gasteiger partial charge in [0.25, 0.3) is 0 Å². The van der Waals surface area contributed by atoms with Gasteiger partial charge in [-0.3, -0.25) is 0 Å². The second-order valence-electron chi connectivity index (χ2n) is 6.33. The first kappa shape index (κ1) is 25.2. The normalized spacial score (nSPS) is 13.6. The van der Waals surface area contributed by atoms with Crippen molar-refractivity contribution in [3.05, 3.63) is 0 Å². The molecule has 0 saturated carbocycles. The van der Waals surface area contributed by atoms with Crippen LogP contribution in [0.5, 0.6) is 0 Å². The third-order valence-electron chi connectivity index (χ3n) is 4.56. The van der Waals surface area contributed by atoms with E-state index >= 15 is 0 Å². The van der Waals surface area contributed by atoms with Gasteiger partial charge < -0.3 is 27.4 Å². The van der Waals surface area contributed by atoms with Crippen molar-refractivity contribution >= 4 is 18.1 Å². The summed E-state index contributed by atoms with van der Waals surface area (Å²) >= 11 is 0. The Morgan fingerprint density at radius 2 is 1.28 bits per heavy atom. The van der Waals surface area contributed by atoms with Gasteiger partial charge in [-0.25, -0.2) is 0 Å². The van der Waals surface area contributed by atoms with Crippen LogP contribution in [-0.4, -0.2) is 66.7 Å². The van der Waals surface area contributed by atoms with Crippen LogP contribution in [0.15, 0.2) is 0 Å². The maximum absolute atomic E-state index is 5.42. The standard InChI is InChI=1S/C17H40NO5Si2/c1-17(24(19-2)20-3)13-10-8-7-9-11-14-18-15-12-16-25(21-4,22-5)23-6/h17-18H,7-16H2,1-6H3. The van der Waals surface area contributed by atoms with Crippen molar-refractivity contribution in [3.8, 4) is 0 Å². The van der Waals surface area contributed by atoms with Crippen LogP contribution in [0.2, 0.25) is 11.6 Å². The summed E-state index contributed by atoms with van der Waals surface area (Å²) in [5.74, 6) is 0. The molecule has 0 rings (SSSR count). The number of hydrogen-bond donors (Lipinski definition) is 1. The molecule has 0 aromatic carbocycles. The summed E-state index contributed by atoms with van der Waals surface area (Å²) in [6.07, 6.45) is 8.64. The van der Waals surface area contributed by atoms with Crippen molar-refractivity contribution in [2.45, 2.75) is 63.5 Å². The Morgan fingerprint density at radius 1 is 0.760 bits per heavy atom. The highest BCUT2D eigenvalue weighted by Gasteiger charge is 2.36. The highest BCUT2D eigenvalue weighted by Crippen LogP contribution is 2.19. The van der Waals surface area contributed by atoms with Crippen molar-refractivity contribution in [1.82, 2.24) is 5.32 Å². The van der Waals surface area contributed by atoms with Gasteiger partial charge in [-0.2, -0.15) is 0 Å². The SMILES string of the molecule is CO[Si](OC)C(C)CCCCCCCNCCC[Si](OC)(OC)OC. The summed E-state index contributed by atoms with van der Waals surface area (Å²) < 4.78 is 27.0. The minimum atomic E-state index is -2.39. The van der Waals surface area contributed by atoms with Crippen molar-refractivity contribution in [3.63, 3.8) is 0 Å². The van der Waals surface area contributed by atoms with Gasteiger partial charge >= 0.3 is 18.1 Å². The highest BCUT2D eigenvalue weighted by molar-refractivity contribution is 6.60. The zero-order valence-corrected chi connectivity index (χ0v) is 19.2. The molecule has 0 aromatic heterocycles. The molecule has 0 spiro atoms. The topological polar surface area (TPSA) is 58.2 Å². The van der Waals surface area contributed by atoms with Crippen LogP contribution in [0.25, 0.3) is 0 Å². The van der Waals surface area contributed by atoms with E-state index in [0.29, 0.717) is 5.54 Å². The van der Waals surface area contributed by atoms with Gasteiger partial charge in [0.2, 0.25) is 0 Å². The summed E-state index contributed by atoms with van der Waals surface area (Å²) in [5, 5.41) is 3.50. The molecule has 8 heteroatoms. The zero-order chi connectivity index (χ0) is 19.0. The monoisotopic (exact) mass is 394 g/mol. The number of unbranched alkanes of at least 4 members (excludes halogenated alkanes) is 4. The van der Waals surface area contributed by atoms with E-state index in [1.165, 1.54) is 38.5 Å². The Morgan fingerprint density at radius 3 is 1.84 bits per heavy atom. The van der Waals surface area contributed by atoms with E-state index in [-0.39, 0.29) is 0 Å². The Hall–Kier alpha value is 0.194. The Balaban J connectivity index is 3.45. The summed E-state index contributed by atoms with van der Waals surface area (Å²) in [6.45, 7) is 4.30. The minimum absolute atomic E-state index is 0.559. The second kappa shape index (κ2) is 16.4. The molecule has 151 valence electrons. The molecule has 0 amide bonds. The third kappa shape index (κ3) is 11.5. The second-order valence-corrected chi connectivity index (χ2v) is 11.9. The summed E-state index contributed by atoms with van der Waals surface area (Å²) in [4.78, 5) is 0. The van der Waals surface area contributed by atoms with Crippen LogP contribution in [0, 0.1) is 0 Å². The van der Waals surface area contributed by atoms with Gasteiger partial charge in [0, 0.05) is 47.1 Å². The van der Waals surface area contributed by atoms with Crippen LogP contribution in [0.3, 0.4) is 0 Å². The van der Waals surface area contributed by atoms with Crippen molar-refractivity contribution in [2.24, 2.45) is 0 Å². The maximum Gasteiger partial charge on any atom is 0.500 e. The Bertz CT molecular complexity index is 284. The molecule has 0 aliphatic rings. The van der Waals surface area contributed by atoms with E-state index in [2.05, 4.69) is 12.2 Å². The van der Waals surface area contributed by atoms with Gasteiger partial charge in [0.05, 0.1) is 0 Å². The first-order valence-electron chi connectivity index (χ1n) is 9.40. The summed E-state index contributed by atoms with van der Waals surface area (Å²) in [6, 6.07) is 0.855. The predicted octanol–water partition coefficient (Wildman–Crippen LogP) is 3.36. The molecular weight excluding hydrogens is 354 g/mol. The highest BCUT2D eigenvalue weighted by atomic mass is 28.4. The first-order valence-corrected chi connectivity index (χ1v) is 12.7. The zero-order valence-electron chi connectivity index (χ0n) is 17.2. The van der Waals surface area contributed by atoms with Crippen LogP contribution < -0.4 is 5.32 Å². The Kier molecular flexibility index (Phi) is 16.5. The summed E-state index contributed by atoms with van der Waals surface area (Å²) in [5.41, 5.74) is 0.559. The average Bonchev–Trinajstić information content (AvgIpc) is 2.64. The minimum Gasteiger partial charge on any atom is -0.397 e. The largest absolute Gasteiger partial charge is 0.500 e. The lowest BCUT2D eigenvalue weighted by atomic mass is 10.1. The van der Waals surface area contributed by atoms with E-state index in [1.54, 1.807) is 35.5 Å². The van der Waals surface area contributed by atoms with E-state index < -0.39 is 18.1 Å². The smallest absolute Gasteiger partial charge is 0.397 e.